The highest BCUT2D eigenvalue weighted by atomic mass is 32.2. The minimum Gasteiger partial charge on any atom is -0.381 e. The van der Waals surface area contributed by atoms with Crippen LogP contribution in [0.15, 0.2) is 48.7 Å². The molecular formula is C34H46N8O4S. The SMILES string of the molecule is Cc1cnc(NC2CCC(N[C@H](C)COCc3cccc(NS(C)(=O)=O)n3)CC2)cc1-c1cccc(NCC2(C#N)CCOCC2)n1. The monoisotopic (exact) mass is 662 g/mol. The summed E-state index contributed by atoms with van der Waals surface area (Å²) >= 11 is 0. The Balaban J connectivity index is 1.07. The lowest BCUT2D eigenvalue weighted by molar-refractivity contribution is 0.0455. The molecule has 1 aliphatic heterocycles. The second-order valence-corrected chi connectivity index (χ2v) is 14.6. The summed E-state index contributed by atoms with van der Waals surface area (Å²) in [6.07, 6.45) is 8.61. The van der Waals surface area contributed by atoms with Crippen molar-refractivity contribution in [2.24, 2.45) is 5.41 Å². The summed E-state index contributed by atoms with van der Waals surface area (Å²) in [5, 5.41) is 20.6. The fraction of sp³-hybridized carbons (Fsp3) is 0.529. The molecule has 0 amide bonds. The van der Waals surface area contributed by atoms with Crippen molar-refractivity contribution in [1.29, 1.82) is 5.26 Å². The standard InChI is InChI=1S/C34H46N8O4S/c1-24-19-36-33(18-29(24)30-7-5-8-31(41-30)37-23-34(22-35)14-16-45-17-15-34)39-27-12-10-26(11-13-27)38-25(2)20-46-21-28-6-4-9-32(40-28)42-47(3,43)44/h4-9,18-19,25-27,38H,10-17,20-21,23H2,1-3H3,(H,36,39)(H,37,41)(H,40,42)/t25-,26?,27?/m1/s1. The number of aryl methyl sites for hydroxylation is 1. The third kappa shape index (κ3) is 10.3. The minimum absolute atomic E-state index is 0.169. The number of anilines is 3. The van der Waals surface area contributed by atoms with Crippen molar-refractivity contribution in [3.05, 3.63) is 59.9 Å². The van der Waals surface area contributed by atoms with Gasteiger partial charge in [0.05, 0.1) is 42.3 Å². The molecule has 0 spiro atoms. The quantitative estimate of drug-likeness (QED) is 0.186. The number of hydrogen-bond donors (Lipinski definition) is 4. The molecule has 4 heterocycles. The van der Waals surface area contributed by atoms with Gasteiger partial charge in [0.25, 0.3) is 0 Å². The number of rotatable bonds is 14. The molecule has 1 atom stereocenters. The molecule has 12 nitrogen and oxygen atoms in total. The lowest BCUT2D eigenvalue weighted by Gasteiger charge is -2.32. The van der Waals surface area contributed by atoms with E-state index in [9.17, 15) is 13.7 Å². The Labute approximate surface area is 278 Å². The van der Waals surface area contributed by atoms with Gasteiger partial charge in [0.2, 0.25) is 10.0 Å². The molecule has 1 saturated carbocycles. The maximum absolute atomic E-state index is 11.5. The Morgan fingerprint density at radius 3 is 2.51 bits per heavy atom. The molecule has 0 unspecified atom stereocenters. The van der Waals surface area contributed by atoms with Crippen molar-refractivity contribution in [1.82, 2.24) is 20.3 Å². The van der Waals surface area contributed by atoms with Gasteiger partial charge in [-0.05, 0) is 88.3 Å². The van der Waals surface area contributed by atoms with Gasteiger partial charge in [-0.15, -0.1) is 0 Å². The van der Waals surface area contributed by atoms with Crippen LogP contribution in [-0.2, 0) is 26.1 Å². The van der Waals surface area contributed by atoms with Crippen LogP contribution in [0.2, 0.25) is 0 Å². The van der Waals surface area contributed by atoms with Gasteiger partial charge in [-0.25, -0.2) is 23.4 Å². The van der Waals surface area contributed by atoms with Crippen molar-refractivity contribution in [3.63, 3.8) is 0 Å². The zero-order valence-corrected chi connectivity index (χ0v) is 28.3. The highest BCUT2D eigenvalue weighted by Gasteiger charge is 2.32. The van der Waals surface area contributed by atoms with E-state index >= 15 is 0 Å². The summed E-state index contributed by atoms with van der Waals surface area (Å²) in [5.41, 5.74) is 3.20. The normalized spacial score (nSPS) is 20.1. The summed E-state index contributed by atoms with van der Waals surface area (Å²) in [6.45, 7) is 6.78. The molecule has 4 N–H and O–H groups in total. The van der Waals surface area contributed by atoms with Crippen LogP contribution in [-0.4, -0.2) is 74.1 Å². The highest BCUT2D eigenvalue weighted by molar-refractivity contribution is 7.92. The van der Waals surface area contributed by atoms with Gasteiger partial charge in [0.15, 0.2) is 0 Å². The molecule has 2 aliphatic rings. The summed E-state index contributed by atoms with van der Waals surface area (Å²) in [6, 6.07) is 16.7. The maximum Gasteiger partial charge on any atom is 0.230 e. The summed E-state index contributed by atoms with van der Waals surface area (Å²) in [7, 11) is -3.38. The van der Waals surface area contributed by atoms with Crippen molar-refractivity contribution in [3.8, 4) is 17.3 Å². The third-order valence-electron chi connectivity index (χ3n) is 8.74. The first-order valence-corrected chi connectivity index (χ1v) is 18.2. The Hall–Kier alpha value is -3.83. The molecule has 0 aromatic carbocycles. The van der Waals surface area contributed by atoms with E-state index in [0.717, 1.165) is 73.2 Å². The van der Waals surface area contributed by atoms with Gasteiger partial charge in [-0.2, -0.15) is 5.26 Å². The van der Waals surface area contributed by atoms with Gasteiger partial charge in [0, 0.05) is 49.6 Å². The highest BCUT2D eigenvalue weighted by Crippen LogP contribution is 2.31. The number of hydrogen-bond acceptors (Lipinski definition) is 11. The summed E-state index contributed by atoms with van der Waals surface area (Å²) in [4.78, 5) is 13.9. The second kappa shape index (κ2) is 15.8. The molecule has 3 aromatic heterocycles. The Morgan fingerprint density at radius 1 is 1.04 bits per heavy atom. The number of ether oxygens (including phenoxy) is 2. The first-order chi connectivity index (χ1) is 22.6. The molecule has 3 aromatic rings. The molecule has 252 valence electrons. The van der Waals surface area contributed by atoms with Crippen molar-refractivity contribution in [2.75, 3.05) is 48.0 Å². The summed E-state index contributed by atoms with van der Waals surface area (Å²) < 4.78 is 36.7. The fourth-order valence-electron chi connectivity index (χ4n) is 6.12. The van der Waals surface area contributed by atoms with Crippen molar-refractivity contribution >= 4 is 27.5 Å². The number of nitriles is 1. The van der Waals surface area contributed by atoms with Crippen LogP contribution in [0.25, 0.3) is 11.3 Å². The first-order valence-electron chi connectivity index (χ1n) is 16.3. The number of aromatic nitrogens is 3. The minimum atomic E-state index is -3.38. The van der Waals surface area contributed by atoms with E-state index in [1.807, 2.05) is 37.4 Å². The van der Waals surface area contributed by atoms with E-state index in [0.29, 0.717) is 50.7 Å². The van der Waals surface area contributed by atoms with E-state index < -0.39 is 15.4 Å². The smallest absolute Gasteiger partial charge is 0.230 e. The zero-order valence-electron chi connectivity index (χ0n) is 27.5. The van der Waals surface area contributed by atoms with E-state index in [4.69, 9.17) is 14.5 Å². The molecule has 47 heavy (non-hydrogen) atoms. The fourth-order valence-corrected chi connectivity index (χ4v) is 6.62. The van der Waals surface area contributed by atoms with Crippen LogP contribution in [0.4, 0.5) is 17.5 Å². The third-order valence-corrected chi connectivity index (χ3v) is 9.32. The second-order valence-electron chi connectivity index (χ2n) is 12.8. The van der Waals surface area contributed by atoms with E-state index in [1.165, 1.54) is 0 Å². The molecule has 2 fully saturated rings. The molecule has 1 saturated heterocycles. The van der Waals surface area contributed by atoms with Crippen LogP contribution in [0.3, 0.4) is 0 Å². The maximum atomic E-state index is 11.5. The zero-order chi connectivity index (χ0) is 33.3. The summed E-state index contributed by atoms with van der Waals surface area (Å²) in [5.74, 6) is 1.89. The van der Waals surface area contributed by atoms with Crippen molar-refractivity contribution < 1.29 is 17.9 Å². The van der Waals surface area contributed by atoms with Gasteiger partial charge in [-0.3, -0.25) is 4.72 Å². The van der Waals surface area contributed by atoms with Gasteiger partial charge < -0.3 is 25.4 Å². The van der Waals surface area contributed by atoms with Crippen LogP contribution < -0.4 is 20.7 Å². The van der Waals surface area contributed by atoms with Gasteiger partial charge in [-0.1, -0.05) is 12.1 Å². The average Bonchev–Trinajstić information content (AvgIpc) is 3.05. The van der Waals surface area contributed by atoms with Crippen molar-refractivity contribution in [2.45, 2.75) is 77.1 Å². The number of pyridine rings is 3. The molecule has 1 aliphatic carbocycles. The molecule has 0 bridgehead atoms. The van der Waals surface area contributed by atoms with Crippen LogP contribution in [0.5, 0.6) is 0 Å². The Morgan fingerprint density at radius 2 is 1.77 bits per heavy atom. The molecular weight excluding hydrogens is 616 g/mol. The van der Waals surface area contributed by atoms with E-state index in [1.54, 1.807) is 12.1 Å². The van der Waals surface area contributed by atoms with Crippen LogP contribution in [0.1, 0.15) is 56.7 Å². The largest absolute Gasteiger partial charge is 0.381 e. The molecule has 0 radical (unpaired) electrons. The van der Waals surface area contributed by atoms with Crippen LogP contribution in [0, 0.1) is 23.7 Å². The topological polar surface area (TPSA) is 163 Å². The number of nitrogens with one attached hydrogen (secondary N) is 4. The van der Waals surface area contributed by atoms with Crippen LogP contribution >= 0.6 is 0 Å². The lowest BCUT2D eigenvalue weighted by atomic mass is 9.82. The average molecular weight is 663 g/mol. The number of nitrogens with zero attached hydrogens (tertiary/aromatic N) is 4. The Bertz CT molecular complexity index is 1630. The first kappa shape index (κ1) is 34.5. The van der Waals surface area contributed by atoms with E-state index in [2.05, 4.69) is 49.7 Å². The number of sulfonamides is 1. The van der Waals surface area contributed by atoms with Gasteiger partial charge in [0.1, 0.15) is 17.5 Å². The van der Waals surface area contributed by atoms with E-state index in [-0.39, 0.29) is 11.9 Å². The molecule has 5 rings (SSSR count). The predicted molar refractivity (Wildman–Crippen MR) is 183 cm³/mol. The Kier molecular flexibility index (Phi) is 11.6. The predicted octanol–water partition coefficient (Wildman–Crippen LogP) is 4.87. The molecule has 13 heteroatoms. The van der Waals surface area contributed by atoms with Gasteiger partial charge >= 0.3 is 0 Å². The lowest BCUT2D eigenvalue weighted by Crippen LogP contribution is -2.43.